The first-order chi connectivity index (χ1) is 11.1. The Hall–Kier alpha value is -2.53. The molecule has 3 aromatic rings. The van der Waals surface area contributed by atoms with Gasteiger partial charge in [0.1, 0.15) is 0 Å². The third kappa shape index (κ3) is 2.43. The van der Waals surface area contributed by atoms with Crippen molar-refractivity contribution in [2.75, 3.05) is 6.54 Å². The molecule has 0 unspecified atom stereocenters. The van der Waals surface area contributed by atoms with Crippen LogP contribution >= 0.6 is 11.6 Å². The van der Waals surface area contributed by atoms with E-state index in [0.29, 0.717) is 23.7 Å². The molecule has 1 aromatic carbocycles. The molecule has 0 fully saturated rings. The number of benzene rings is 1. The van der Waals surface area contributed by atoms with Gasteiger partial charge in [0.15, 0.2) is 0 Å². The minimum Gasteiger partial charge on any atom is -0.358 e. The van der Waals surface area contributed by atoms with Crippen LogP contribution in [0.3, 0.4) is 0 Å². The van der Waals surface area contributed by atoms with Gasteiger partial charge in [-0.15, -0.1) is 0 Å². The van der Waals surface area contributed by atoms with Crippen LogP contribution < -0.4 is 5.56 Å². The normalized spacial score (nSPS) is 14.0. The van der Waals surface area contributed by atoms with Crippen LogP contribution in [0.1, 0.15) is 21.6 Å². The average molecular weight is 328 g/mol. The molecule has 0 atom stereocenters. The molecule has 0 bridgehead atoms. The number of hydrogen-bond acceptors (Lipinski definition) is 2. The third-order valence-electron chi connectivity index (χ3n) is 4.26. The van der Waals surface area contributed by atoms with E-state index in [0.717, 1.165) is 28.6 Å². The maximum Gasteiger partial charge on any atom is 0.255 e. The number of halogens is 1. The van der Waals surface area contributed by atoms with Crippen molar-refractivity contribution in [1.29, 1.82) is 0 Å². The zero-order valence-electron chi connectivity index (χ0n) is 12.2. The minimum atomic E-state index is -0.214. The number of aromatic nitrogens is 2. The lowest BCUT2D eigenvalue weighted by atomic mass is 10.0. The highest BCUT2D eigenvalue weighted by atomic mass is 35.5. The highest BCUT2D eigenvalue weighted by Gasteiger charge is 2.24. The molecule has 116 valence electrons. The largest absolute Gasteiger partial charge is 0.358 e. The van der Waals surface area contributed by atoms with Crippen LogP contribution in [-0.4, -0.2) is 27.3 Å². The second kappa shape index (κ2) is 5.28. The van der Waals surface area contributed by atoms with E-state index in [1.807, 2.05) is 18.2 Å². The first-order valence-electron chi connectivity index (χ1n) is 7.39. The Morgan fingerprint density at radius 3 is 2.87 bits per heavy atom. The van der Waals surface area contributed by atoms with E-state index < -0.39 is 0 Å². The molecule has 5 nitrogen and oxygen atoms in total. The van der Waals surface area contributed by atoms with Gasteiger partial charge >= 0.3 is 0 Å². The summed E-state index contributed by atoms with van der Waals surface area (Å²) in [5.74, 6) is -0.0803. The topological polar surface area (TPSA) is 69.0 Å². The van der Waals surface area contributed by atoms with Crippen LogP contribution in [0.25, 0.3) is 10.9 Å². The fraction of sp³-hybridized carbons (Fsp3) is 0.176. The maximum absolute atomic E-state index is 12.6. The molecule has 0 saturated carbocycles. The quantitative estimate of drug-likeness (QED) is 0.721. The molecule has 1 aliphatic heterocycles. The molecular formula is C17H14ClN3O2. The number of pyridine rings is 1. The number of amides is 1. The number of nitrogens with one attached hydrogen (secondary N) is 2. The van der Waals surface area contributed by atoms with Crippen LogP contribution in [-0.2, 0) is 13.0 Å². The fourth-order valence-electron chi connectivity index (χ4n) is 3.09. The van der Waals surface area contributed by atoms with Gasteiger partial charge in [0.25, 0.3) is 5.91 Å². The summed E-state index contributed by atoms with van der Waals surface area (Å²) in [6, 6.07) is 8.68. The van der Waals surface area contributed by atoms with Gasteiger partial charge in [0, 0.05) is 59.0 Å². The first-order valence-corrected chi connectivity index (χ1v) is 7.76. The smallest absolute Gasteiger partial charge is 0.255 e. The van der Waals surface area contributed by atoms with Crippen molar-refractivity contribution in [2.24, 2.45) is 0 Å². The van der Waals surface area contributed by atoms with Crippen molar-refractivity contribution in [2.45, 2.75) is 13.0 Å². The van der Waals surface area contributed by atoms with E-state index in [4.69, 9.17) is 11.6 Å². The zero-order valence-corrected chi connectivity index (χ0v) is 13.0. The maximum atomic E-state index is 12.6. The summed E-state index contributed by atoms with van der Waals surface area (Å²) in [4.78, 5) is 31.5. The molecule has 0 saturated heterocycles. The molecule has 2 aromatic heterocycles. The molecule has 4 rings (SSSR count). The molecule has 1 amide bonds. The Bertz CT molecular complexity index is 953. The zero-order chi connectivity index (χ0) is 16.0. The van der Waals surface area contributed by atoms with Crippen molar-refractivity contribution >= 4 is 28.4 Å². The highest BCUT2D eigenvalue weighted by Crippen LogP contribution is 2.30. The number of aromatic amines is 2. The molecule has 0 spiro atoms. The van der Waals surface area contributed by atoms with E-state index in [1.54, 1.807) is 11.0 Å². The van der Waals surface area contributed by atoms with E-state index in [9.17, 15) is 9.59 Å². The summed E-state index contributed by atoms with van der Waals surface area (Å²) in [6.45, 7) is 1.18. The molecule has 3 heterocycles. The number of nitrogens with zero attached hydrogens (tertiary/aromatic N) is 1. The standard InChI is InChI=1S/C17H14ClN3O2/c18-11-2-3-14-12(7-11)13-9-21(6-5-15(13)20-14)17(23)10-1-4-16(22)19-8-10/h1-4,7-8,20H,5-6,9H2,(H,19,22). The highest BCUT2D eigenvalue weighted by molar-refractivity contribution is 6.31. The lowest BCUT2D eigenvalue weighted by Crippen LogP contribution is -2.36. The molecule has 0 radical (unpaired) electrons. The number of fused-ring (bicyclic) bond motifs is 3. The van der Waals surface area contributed by atoms with E-state index >= 15 is 0 Å². The number of carbonyl (C=O) groups is 1. The molecule has 2 N–H and O–H groups in total. The Morgan fingerprint density at radius 2 is 2.09 bits per heavy atom. The fourth-order valence-corrected chi connectivity index (χ4v) is 3.26. The molecular weight excluding hydrogens is 314 g/mol. The second-order valence-corrected chi connectivity index (χ2v) is 6.13. The van der Waals surface area contributed by atoms with E-state index in [1.165, 1.54) is 12.3 Å². The third-order valence-corrected chi connectivity index (χ3v) is 4.49. The van der Waals surface area contributed by atoms with Crippen molar-refractivity contribution in [3.63, 3.8) is 0 Å². The summed E-state index contributed by atoms with van der Waals surface area (Å²) in [5, 5.41) is 1.75. The number of carbonyl (C=O) groups excluding carboxylic acids is 1. The predicted octanol–water partition coefficient (Wildman–Crippen LogP) is 2.71. The molecule has 0 aliphatic carbocycles. The minimum absolute atomic E-state index is 0.0803. The Morgan fingerprint density at radius 1 is 1.22 bits per heavy atom. The van der Waals surface area contributed by atoms with Crippen molar-refractivity contribution in [1.82, 2.24) is 14.9 Å². The summed E-state index contributed by atoms with van der Waals surface area (Å²) in [5.41, 5.74) is 3.59. The van der Waals surface area contributed by atoms with Crippen molar-refractivity contribution < 1.29 is 4.79 Å². The molecule has 23 heavy (non-hydrogen) atoms. The summed E-state index contributed by atoms with van der Waals surface area (Å²) >= 11 is 6.10. The van der Waals surface area contributed by atoms with Crippen LogP contribution in [0.2, 0.25) is 5.02 Å². The first kappa shape index (κ1) is 14.1. The second-order valence-electron chi connectivity index (χ2n) is 5.69. The summed E-state index contributed by atoms with van der Waals surface area (Å²) in [7, 11) is 0. The average Bonchev–Trinajstić information content (AvgIpc) is 2.92. The predicted molar refractivity (Wildman–Crippen MR) is 88.8 cm³/mol. The lowest BCUT2D eigenvalue weighted by molar-refractivity contribution is 0.0734. The number of H-pyrrole nitrogens is 2. The van der Waals surface area contributed by atoms with Gasteiger partial charge in [-0.3, -0.25) is 9.59 Å². The summed E-state index contributed by atoms with van der Waals surface area (Å²) < 4.78 is 0. The summed E-state index contributed by atoms with van der Waals surface area (Å²) in [6.07, 6.45) is 2.24. The van der Waals surface area contributed by atoms with Crippen LogP contribution in [0.5, 0.6) is 0 Å². The Kier molecular flexibility index (Phi) is 3.23. The number of hydrogen-bond donors (Lipinski definition) is 2. The Labute approximate surface area is 136 Å². The van der Waals surface area contributed by atoms with Crippen LogP contribution in [0.4, 0.5) is 0 Å². The number of rotatable bonds is 1. The van der Waals surface area contributed by atoms with Gasteiger partial charge in [-0.1, -0.05) is 11.6 Å². The monoisotopic (exact) mass is 327 g/mol. The van der Waals surface area contributed by atoms with E-state index in [-0.39, 0.29) is 11.5 Å². The van der Waals surface area contributed by atoms with Crippen molar-refractivity contribution in [3.8, 4) is 0 Å². The van der Waals surface area contributed by atoms with Gasteiger partial charge in [-0.05, 0) is 24.3 Å². The van der Waals surface area contributed by atoms with Crippen molar-refractivity contribution in [3.05, 3.63) is 68.7 Å². The van der Waals surface area contributed by atoms with Gasteiger partial charge in [-0.25, -0.2) is 0 Å². The van der Waals surface area contributed by atoms with Crippen LogP contribution in [0.15, 0.2) is 41.3 Å². The molecule has 1 aliphatic rings. The van der Waals surface area contributed by atoms with E-state index in [2.05, 4.69) is 9.97 Å². The Balaban J connectivity index is 1.69. The van der Waals surface area contributed by atoms with Gasteiger partial charge in [0.2, 0.25) is 5.56 Å². The lowest BCUT2D eigenvalue weighted by Gasteiger charge is -2.27. The molecule has 6 heteroatoms. The van der Waals surface area contributed by atoms with Gasteiger partial charge in [-0.2, -0.15) is 0 Å². The van der Waals surface area contributed by atoms with Gasteiger partial charge < -0.3 is 14.9 Å². The SMILES string of the molecule is O=C(c1ccc(=O)[nH]c1)N1CCc2[nH]c3ccc(Cl)cc3c2C1. The van der Waals surface area contributed by atoms with Crippen LogP contribution in [0, 0.1) is 0 Å². The van der Waals surface area contributed by atoms with Gasteiger partial charge in [0.05, 0.1) is 5.56 Å².